The van der Waals surface area contributed by atoms with Crippen molar-refractivity contribution in [3.8, 4) is 0 Å². The number of amides is 4. The number of hydrogen-bond acceptors (Lipinski definition) is 4. The topological polar surface area (TPSA) is 74.8 Å². The Morgan fingerprint density at radius 2 is 0.795 bits per heavy atom. The third kappa shape index (κ3) is 3.72. The van der Waals surface area contributed by atoms with E-state index in [1.165, 1.54) is 9.80 Å². The van der Waals surface area contributed by atoms with Gasteiger partial charge in [-0.25, -0.2) is 0 Å². The van der Waals surface area contributed by atoms with E-state index in [2.05, 4.69) is 37.5 Å². The molecule has 8 unspecified atom stereocenters. The van der Waals surface area contributed by atoms with E-state index in [1.54, 1.807) is 0 Å². The molecule has 6 nitrogen and oxygen atoms in total. The van der Waals surface area contributed by atoms with E-state index >= 15 is 0 Å². The average Bonchev–Trinajstić information content (AvgIpc) is 3.86. The smallest absolute Gasteiger partial charge is 0.238 e. The highest BCUT2D eigenvalue weighted by Crippen LogP contribution is 2.59. The summed E-state index contributed by atoms with van der Waals surface area (Å²) in [6.45, 7) is 7.74. The lowest BCUT2D eigenvalue weighted by molar-refractivity contribution is -0.125. The van der Waals surface area contributed by atoms with Crippen LogP contribution < -0.4 is 9.80 Å². The van der Waals surface area contributed by atoms with Crippen molar-refractivity contribution in [2.75, 3.05) is 9.80 Å². The molecule has 0 aromatic heterocycles. The van der Waals surface area contributed by atoms with Gasteiger partial charge in [-0.1, -0.05) is 60.7 Å². The largest absolute Gasteiger partial charge is 0.274 e. The Kier molecular flexibility index (Phi) is 6.26. The zero-order valence-corrected chi connectivity index (χ0v) is 24.6. The van der Waals surface area contributed by atoms with E-state index in [-0.39, 0.29) is 71.0 Å². The van der Waals surface area contributed by atoms with Gasteiger partial charge in [0.25, 0.3) is 0 Å². The third-order valence-corrected chi connectivity index (χ3v) is 11.5. The molecule has 4 bridgehead atoms. The predicted octanol–water partition coefficient (Wildman–Crippen LogP) is 5.70. The molecule has 4 amide bonds. The van der Waals surface area contributed by atoms with Crippen LogP contribution in [0.5, 0.6) is 0 Å². The van der Waals surface area contributed by atoms with Gasteiger partial charge in [0.05, 0.1) is 35.0 Å². The van der Waals surface area contributed by atoms with E-state index in [0.29, 0.717) is 23.2 Å². The summed E-state index contributed by atoms with van der Waals surface area (Å²) in [7, 11) is 0. The van der Waals surface area contributed by atoms with Gasteiger partial charge in [-0.2, -0.15) is 0 Å². The van der Waals surface area contributed by atoms with E-state index < -0.39 is 0 Å². The zero-order valence-electron chi connectivity index (χ0n) is 24.6. The van der Waals surface area contributed by atoms with Gasteiger partial charge in [0.2, 0.25) is 23.6 Å². The van der Waals surface area contributed by atoms with Crippen molar-refractivity contribution in [1.29, 1.82) is 0 Å². The van der Waals surface area contributed by atoms with Crippen molar-refractivity contribution in [1.82, 2.24) is 0 Å². The van der Waals surface area contributed by atoms with Gasteiger partial charge >= 0.3 is 0 Å². The molecule has 0 radical (unpaired) electrons. The quantitative estimate of drug-likeness (QED) is 0.280. The van der Waals surface area contributed by atoms with Crippen LogP contribution in [0.2, 0.25) is 0 Å². The first-order chi connectivity index (χ1) is 21.4. The summed E-state index contributed by atoms with van der Waals surface area (Å²) in [5.74, 6) is -0.179. The maximum Gasteiger partial charge on any atom is 0.238 e. The molecule has 4 fully saturated rings. The number of imide groups is 2. The highest BCUT2D eigenvalue weighted by molar-refractivity contribution is 6.23. The van der Waals surface area contributed by atoms with E-state index in [1.807, 2.05) is 60.7 Å². The number of aryl methyl sites for hydroxylation is 2. The summed E-state index contributed by atoms with van der Waals surface area (Å²) in [6.07, 6.45) is 15.6. The third-order valence-electron chi connectivity index (χ3n) is 11.5. The highest BCUT2D eigenvalue weighted by Gasteiger charge is 2.64. The van der Waals surface area contributed by atoms with Crippen molar-refractivity contribution in [3.63, 3.8) is 0 Å². The average molecular weight is 585 g/mol. The monoisotopic (exact) mass is 584 g/mol. The minimum Gasteiger partial charge on any atom is -0.274 e. The molecule has 2 aromatic carbocycles. The standard InChI is InChI=1S/C38H36N2O4/c1-3-5-25-27-17-18-28(25)32-31(27)35(41)39(36(32)42)23-13-9-21(10-14-23)7-8-22-11-15-24(16-12-22)40-37(43)33-29-19-20-30(26(29)6-4-2)34(33)38(40)44/h3-4,9-20,25-34H,1-2,5-8H2. The van der Waals surface area contributed by atoms with Crippen LogP contribution in [0.15, 0.2) is 98.1 Å². The molecule has 2 saturated carbocycles. The molecule has 0 N–H and O–H groups in total. The SMILES string of the molecule is C=CCC1C2C=CC1C1C(=O)N(c3ccc(CCc4ccc(N5C(=O)C6C7C=CC(C7CC=C)C6C5=O)cc4)cc3)C(=O)C21. The summed E-state index contributed by atoms with van der Waals surface area (Å²) in [5, 5.41) is 0. The highest BCUT2D eigenvalue weighted by atomic mass is 16.2. The van der Waals surface area contributed by atoms with E-state index in [4.69, 9.17) is 0 Å². The number of allylic oxidation sites excluding steroid dienone is 6. The molecule has 2 aliphatic heterocycles. The first kappa shape index (κ1) is 27.2. The molecule has 4 aliphatic carbocycles. The van der Waals surface area contributed by atoms with Gasteiger partial charge in [-0.3, -0.25) is 29.0 Å². The Labute approximate surface area is 257 Å². The first-order valence-electron chi connectivity index (χ1n) is 15.9. The van der Waals surface area contributed by atoms with Crippen LogP contribution in [-0.2, 0) is 32.0 Å². The van der Waals surface area contributed by atoms with Crippen LogP contribution in [0.4, 0.5) is 11.4 Å². The molecule has 44 heavy (non-hydrogen) atoms. The van der Waals surface area contributed by atoms with Crippen LogP contribution in [0.3, 0.4) is 0 Å². The van der Waals surface area contributed by atoms with E-state index in [9.17, 15) is 19.2 Å². The minimum atomic E-state index is -0.253. The Morgan fingerprint density at radius 1 is 0.500 bits per heavy atom. The molecule has 0 spiro atoms. The van der Waals surface area contributed by atoms with Crippen LogP contribution in [0, 0.1) is 59.2 Å². The van der Waals surface area contributed by atoms with Gasteiger partial charge in [0, 0.05) is 0 Å². The Morgan fingerprint density at radius 3 is 1.07 bits per heavy atom. The number of hydrogen-bond donors (Lipinski definition) is 0. The second-order valence-corrected chi connectivity index (χ2v) is 13.4. The van der Waals surface area contributed by atoms with Crippen LogP contribution in [0.1, 0.15) is 24.0 Å². The molecule has 6 aliphatic rings. The van der Waals surface area contributed by atoms with Gasteiger partial charge in [0.15, 0.2) is 0 Å². The molecule has 2 heterocycles. The summed E-state index contributed by atoms with van der Waals surface area (Å²) >= 11 is 0. The van der Waals surface area contributed by atoms with Gasteiger partial charge in [-0.15, -0.1) is 13.2 Å². The van der Waals surface area contributed by atoms with Crippen molar-refractivity contribution in [3.05, 3.63) is 109 Å². The van der Waals surface area contributed by atoms with Gasteiger partial charge in [-0.05, 0) is 96.6 Å². The van der Waals surface area contributed by atoms with Crippen molar-refractivity contribution in [2.24, 2.45) is 59.2 Å². The molecular weight excluding hydrogens is 548 g/mol. The fourth-order valence-corrected chi connectivity index (χ4v) is 9.62. The fourth-order valence-electron chi connectivity index (χ4n) is 9.62. The molecule has 8 atom stereocenters. The lowest BCUT2D eigenvalue weighted by Crippen LogP contribution is -2.34. The van der Waals surface area contributed by atoms with Crippen LogP contribution >= 0.6 is 0 Å². The Bertz CT molecular complexity index is 1460. The summed E-state index contributed by atoms with van der Waals surface area (Å²) in [4.78, 5) is 56.5. The van der Waals surface area contributed by atoms with Crippen LogP contribution in [0.25, 0.3) is 0 Å². The zero-order chi connectivity index (χ0) is 30.3. The maximum absolute atomic E-state index is 13.4. The molecule has 222 valence electrons. The molecule has 2 saturated heterocycles. The number of rotatable bonds is 9. The second-order valence-electron chi connectivity index (χ2n) is 13.4. The summed E-state index contributed by atoms with van der Waals surface area (Å²) in [5.41, 5.74) is 3.51. The van der Waals surface area contributed by atoms with Crippen molar-refractivity contribution in [2.45, 2.75) is 25.7 Å². The Hall–Kier alpha value is -4.32. The van der Waals surface area contributed by atoms with Gasteiger partial charge in [0.1, 0.15) is 0 Å². The lowest BCUT2D eigenvalue weighted by Gasteiger charge is -2.22. The maximum atomic E-state index is 13.4. The van der Waals surface area contributed by atoms with Crippen molar-refractivity contribution < 1.29 is 19.2 Å². The minimum absolute atomic E-state index is 0.0714. The molecule has 2 aromatic rings. The number of carbonyl (C=O) groups is 4. The summed E-state index contributed by atoms with van der Waals surface area (Å²) < 4.78 is 0. The second kappa shape index (κ2) is 10.1. The number of benzene rings is 2. The number of carbonyl (C=O) groups excluding carboxylic acids is 4. The Balaban J connectivity index is 0.906. The summed E-state index contributed by atoms with van der Waals surface area (Å²) in [6, 6.07) is 15.5. The molecule has 8 rings (SSSR count). The van der Waals surface area contributed by atoms with Crippen LogP contribution in [-0.4, -0.2) is 23.6 Å². The molecular formula is C38H36N2O4. The fraction of sp³-hybridized carbons (Fsp3) is 0.368. The first-order valence-corrected chi connectivity index (χ1v) is 15.9. The predicted molar refractivity (Wildman–Crippen MR) is 168 cm³/mol. The normalized spacial score (nSPS) is 35.7. The van der Waals surface area contributed by atoms with Crippen molar-refractivity contribution >= 4 is 35.0 Å². The van der Waals surface area contributed by atoms with E-state index in [0.717, 1.165) is 36.8 Å². The lowest BCUT2D eigenvalue weighted by atomic mass is 9.85. The van der Waals surface area contributed by atoms with Gasteiger partial charge < -0.3 is 0 Å². The number of nitrogens with zero attached hydrogens (tertiary/aromatic N) is 2. The number of anilines is 2. The number of fused-ring (bicyclic) bond motifs is 10. The molecule has 6 heteroatoms.